The zero-order chi connectivity index (χ0) is 15.8. The molecule has 2 aromatic heterocycles. The first-order valence-electron chi connectivity index (χ1n) is 6.81. The van der Waals surface area contributed by atoms with Crippen LogP contribution in [0.25, 0.3) is 22.6 Å². The van der Waals surface area contributed by atoms with Gasteiger partial charge in [0.2, 0.25) is 5.65 Å². The number of aromatic nitrogens is 6. The molecule has 0 saturated carbocycles. The second-order valence-electron chi connectivity index (χ2n) is 4.81. The van der Waals surface area contributed by atoms with Crippen LogP contribution in [-0.2, 0) is 0 Å². The molecule has 0 spiro atoms. The molecule has 2 aromatic carbocycles. The Balaban J connectivity index is 2.10. The number of phenolic OH excluding ortho intramolecular Hbond substituents is 1. The van der Waals surface area contributed by atoms with Gasteiger partial charge in [0.25, 0.3) is 0 Å². The fourth-order valence-electron chi connectivity index (χ4n) is 2.33. The molecule has 0 unspecified atom stereocenters. The summed E-state index contributed by atoms with van der Waals surface area (Å²) in [6, 6.07) is 15.6. The summed E-state index contributed by atoms with van der Waals surface area (Å²) >= 11 is 0. The molecule has 0 aliphatic rings. The van der Waals surface area contributed by atoms with Gasteiger partial charge in [-0.3, -0.25) is 0 Å². The van der Waals surface area contributed by atoms with E-state index in [0.717, 1.165) is 4.52 Å². The van der Waals surface area contributed by atoms with Gasteiger partial charge in [0.1, 0.15) is 11.4 Å². The van der Waals surface area contributed by atoms with Crippen molar-refractivity contribution in [3.8, 4) is 22.7 Å². The van der Waals surface area contributed by atoms with Gasteiger partial charge >= 0.3 is 5.69 Å². The molecule has 0 aliphatic heterocycles. The number of hydrogen-bond donors (Lipinski definition) is 1. The molecule has 8 heteroatoms. The van der Waals surface area contributed by atoms with E-state index < -0.39 is 5.69 Å². The van der Waals surface area contributed by atoms with Gasteiger partial charge in [-0.1, -0.05) is 30.3 Å². The average Bonchev–Trinajstić information content (AvgIpc) is 3.07. The van der Waals surface area contributed by atoms with Crippen molar-refractivity contribution in [2.24, 2.45) is 0 Å². The maximum atomic E-state index is 12.5. The van der Waals surface area contributed by atoms with Crippen molar-refractivity contribution >= 4 is 5.65 Å². The van der Waals surface area contributed by atoms with E-state index in [2.05, 4.69) is 20.6 Å². The fraction of sp³-hybridized carbons (Fsp3) is 0. The van der Waals surface area contributed by atoms with Gasteiger partial charge in [0, 0.05) is 5.56 Å². The monoisotopic (exact) mass is 306 g/mol. The number of rotatable bonds is 2. The minimum atomic E-state index is -0.490. The summed E-state index contributed by atoms with van der Waals surface area (Å²) in [5.41, 5.74) is 1.03. The Labute approximate surface area is 129 Å². The molecule has 23 heavy (non-hydrogen) atoms. The van der Waals surface area contributed by atoms with Crippen LogP contribution in [0.15, 0.2) is 59.4 Å². The number of hydrogen-bond acceptors (Lipinski definition) is 6. The van der Waals surface area contributed by atoms with Crippen molar-refractivity contribution in [3.05, 3.63) is 65.1 Å². The number of para-hydroxylation sites is 2. The third kappa shape index (κ3) is 2.04. The van der Waals surface area contributed by atoms with Crippen LogP contribution < -0.4 is 5.69 Å². The maximum Gasteiger partial charge on any atom is 0.373 e. The van der Waals surface area contributed by atoms with Crippen molar-refractivity contribution in [1.29, 1.82) is 0 Å². The highest BCUT2D eigenvalue weighted by atomic mass is 16.3. The van der Waals surface area contributed by atoms with E-state index >= 15 is 0 Å². The number of benzene rings is 2. The van der Waals surface area contributed by atoms with E-state index in [1.807, 2.05) is 6.07 Å². The van der Waals surface area contributed by atoms with Crippen LogP contribution in [0.3, 0.4) is 0 Å². The summed E-state index contributed by atoms with van der Waals surface area (Å²) in [5.74, 6) is 0.0307. The van der Waals surface area contributed by atoms with E-state index in [1.54, 1.807) is 42.5 Å². The smallest absolute Gasteiger partial charge is 0.373 e. The van der Waals surface area contributed by atoms with Crippen LogP contribution in [0.4, 0.5) is 0 Å². The van der Waals surface area contributed by atoms with E-state index in [9.17, 15) is 9.90 Å². The van der Waals surface area contributed by atoms with Gasteiger partial charge in [-0.05, 0) is 34.7 Å². The fourth-order valence-corrected chi connectivity index (χ4v) is 2.33. The summed E-state index contributed by atoms with van der Waals surface area (Å²) < 4.78 is 2.26. The minimum Gasteiger partial charge on any atom is -0.507 e. The molecule has 0 atom stereocenters. The number of nitrogens with zero attached hydrogens (tertiary/aromatic N) is 6. The molecule has 0 bridgehead atoms. The Bertz CT molecular complexity index is 1050. The van der Waals surface area contributed by atoms with E-state index in [-0.39, 0.29) is 11.4 Å². The second kappa shape index (κ2) is 5.02. The lowest BCUT2D eigenvalue weighted by Crippen LogP contribution is -2.29. The molecule has 0 saturated heterocycles. The Morgan fingerprint density at radius 2 is 1.70 bits per heavy atom. The molecule has 8 nitrogen and oxygen atoms in total. The van der Waals surface area contributed by atoms with Crippen LogP contribution in [0.1, 0.15) is 0 Å². The zero-order valence-electron chi connectivity index (χ0n) is 11.7. The van der Waals surface area contributed by atoms with Crippen molar-refractivity contribution in [2.75, 3.05) is 0 Å². The van der Waals surface area contributed by atoms with Crippen molar-refractivity contribution < 1.29 is 5.11 Å². The first-order chi connectivity index (χ1) is 11.3. The molecule has 0 radical (unpaired) electrons. The number of fused-ring (bicyclic) bond motifs is 1. The van der Waals surface area contributed by atoms with Gasteiger partial charge in [-0.15, -0.1) is 9.61 Å². The Morgan fingerprint density at radius 3 is 2.48 bits per heavy atom. The molecule has 0 aliphatic carbocycles. The van der Waals surface area contributed by atoms with Gasteiger partial charge in [-0.2, -0.15) is 9.78 Å². The second-order valence-corrected chi connectivity index (χ2v) is 4.81. The topological polar surface area (TPSA) is 98.2 Å². The minimum absolute atomic E-state index is 0.0307. The van der Waals surface area contributed by atoms with Gasteiger partial charge in [0.15, 0.2) is 0 Å². The Morgan fingerprint density at radius 1 is 0.957 bits per heavy atom. The predicted molar refractivity (Wildman–Crippen MR) is 81.3 cm³/mol. The molecule has 0 fully saturated rings. The normalized spacial score (nSPS) is 11.0. The van der Waals surface area contributed by atoms with Crippen molar-refractivity contribution in [3.63, 3.8) is 0 Å². The lowest BCUT2D eigenvalue weighted by molar-refractivity contribution is 0.477. The third-order valence-electron chi connectivity index (χ3n) is 3.40. The molecule has 4 aromatic rings. The van der Waals surface area contributed by atoms with Gasteiger partial charge in [0.05, 0.1) is 5.69 Å². The standard InChI is InChI=1S/C15H10N6O2/c22-12-9-5-4-8-11(12)13-14-16-18-19-21(14)15(23)20(17-13)10-6-2-1-3-7-10/h1-9,22H. The highest BCUT2D eigenvalue weighted by Crippen LogP contribution is 2.28. The van der Waals surface area contributed by atoms with Crippen LogP contribution in [0, 0.1) is 0 Å². The van der Waals surface area contributed by atoms with E-state index in [1.165, 1.54) is 10.7 Å². The maximum absolute atomic E-state index is 12.5. The first kappa shape index (κ1) is 13.1. The highest BCUT2D eigenvalue weighted by molar-refractivity contribution is 5.76. The average molecular weight is 306 g/mol. The molecule has 4 rings (SSSR count). The van der Waals surface area contributed by atoms with Crippen molar-refractivity contribution in [1.82, 2.24) is 29.8 Å². The van der Waals surface area contributed by atoms with Crippen LogP contribution >= 0.6 is 0 Å². The molecular formula is C15H10N6O2. The largest absolute Gasteiger partial charge is 0.507 e. The molecule has 1 N–H and O–H groups in total. The van der Waals surface area contributed by atoms with Crippen LogP contribution in [0.5, 0.6) is 5.75 Å². The SMILES string of the molecule is O=c1n(-c2ccccc2)nc(-c2ccccc2O)c2nnnn12. The molecule has 0 amide bonds. The van der Waals surface area contributed by atoms with Gasteiger partial charge < -0.3 is 5.11 Å². The van der Waals surface area contributed by atoms with Crippen LogP contribution in [-0.4, -0.2) is 34.9 Å². The lowest BCUT2D eigenvalue weighted by atomic mass is 10.1. The molecule has 2 heterocycles. The summed E-state index contributed by atoms with van der Waals surface area (Å²) in [7, 11) is 0. The summed E-state index contributed by atoms with van der Waals surface area (Å²) in [6.07, 6.45) is 0. The predicted octanol–water partition coefficient (Wildman–Crippen LogP) is 1.04. The van der Waals surface area contributed by atoms with Crippen molar-refractivity contribution in [2.45, 2.75) is 0 Å². The van der Waals surface area contributed by atoms with Crippen LogP contribution in [0.2, 0.25) is 0 Å². The number of phenols is 1. The number of aromatic hydroxyl groups is 1. The third-order valence-corrected chi connectivity index (χ3v) is 3.40. The summed E-state index contributed by atoms with van der Waals surface area (Å²) in [4.78, 5) is 12.5. The highest BCUT2D eigenvalue weighted by Gasteiger charge is 2.18. The zero-order valence-corrected chi connectivity index (χ0v) is 11.7. The Kier molecular flexibility index (Phi) is 2.87. The lowest BCUT2D eigenvalue weighted by Gasteiger charge is -2.08. The van der Waals surface area contributed by atoms with Gasteiger partial charge in [-0.25, -0.2) is 4.79 Å². The quantitative estimate of drug-likeness (QED) is 0.594. The van der Waals surface area contributed by atoms with E-state index in [4.69, 9.17) is 0 Å². The van der Waals surface area contributed by atoms with E-state index in [0.29, 0.717) is 16.9 Å². The Hall–Kier alpha value is -3.55. The summed E-state index contributed by atoms with van der Waals surface area (Å²) in [6.45, 7) is 0. The number of tetrazole rings is 1. The molecular weight excluding hydrogens is 296 g/mol. The first-order valence-corrected chi connectivity index (χ1v) is 6.81. The molecule has 112 valence electrons. The summed E-state index contributed by atoms with van der Waals surface area (Å²) in [5, 5.41) is 25.5.